The SMILES string of the molecule is Cc1nc(N2C(=O)C(=O)C(=C(O)c3ccccc3)C2c2ccco2)sc1C. The van der Waals surface area contributed by atoms with Crippen molar-refractivity contribution < 1.29 is 19.1 Å². The molecule has 1 unspecified atom stereocenters. The molecule has 1 fully saturated rings. The van der Waals surface area contributed by atoms with Crippen LogP contribution in [0.25, 0.3) is 5.76 Å². The van der Waals surface area contributed by atoms with Crippen molar-refractivity contribution in [3.8, 4) is 0 Å². The van der Waals surface area contributed by atoms with Crippen molar-refractivity contribution in [2.75, 3.05) is 4.90 Å². The van der Waals surface area contributed by atoms with Crippen LogP contribution >= 0.6 is 11.3 Å². The minimum Gasteiger partial charge on any atom is -0.507 e. The van der Waals surface area contributed by atoms with E-state index in [9.17, 15) is 14.7 Å². The minimum atomic E-state index is -0.870. The van der Waals surface area contributed by atoms with Crippen molar-refractivity contribution in [3.63, 3.8) is 0 Å². The van der Waals surface area contributed by atoms with Gasteiger partial charge in [0.2, 0.25) is 0 Å². The first-order valence-corrected chi connectivity index (χ1v) is 9.14. The molecular weight excluding hydrogens is 364 g/mol. The van der Waals surface area contributed by atoms with Crippen LogP contribution in [0.4, 0.5) is 5.13 Å². The van der Waals surface area contributed by atoms with E-state index >= 15 is 0 Å². The van der Waals surface area contributed by atoms with Crippen molar-refractivity contribution in [2.45, 2.75) is 19.9 Å². The van der Waals surface area contributed by atoms with Gasteiger partial charge in [-0.25, -0.2) is 4.98 Å². The van der Waals surface area contributed by atoms with Gasteiger partial charge in [-0.15, -0.1) is 11.3 Å². The number of benzene rings is 1. The second-order valence-corrected chi connectivity index (χ2v) is 7.37. The fourth-order valence-corrected chi connectivity index (χ4v) is 3.99. The Morgan fingerprint density at radius 3 is 2.48 bits per heavy atom. The highest BCUT2D eigenvalue weighted by Crippen LogP contribution is 2.43. The van der Waals surface area contributed by atoms with E-state index in [1.807, 2.05) is 13.8 Å². The molecule has 1 amide bonds. The average molecular weight is 380 g/mol. The molecule has 1 aromatic carbocycles. The molecule has 7 heteroatoms. The molecule has 1 saturated heterocycles. The average Bonchev–Trinajstić information content (AvgIpc) is 3.36. The van der Waals surface area contributed by atoms with Crippen LogP contribution in [-0.2, 0) is 9.59 Å². The van der Waals surface area contributed by atoms with Gasteiger partial charge in [-0.1, -0.05) is 30.3 Å². The number of carbonyl (C=O) groups excluding carboxylic acids is 2. The monoisotopic (exact) mass is 380 g/mol. The van der Waals surface area contributed by atoms with Crippen LogP contribution in [0.15, 0.2) is 58.7 Å². The van der Waals surface area contributed by atoms with Gasteiger partial charge in [0, 0.05) is 10.4 Å². The topological polar surface area (TPSA) is 83.6 Å². The summed E-state index contributed by atoms with van der Waals surface area (Å²) in [5, 5.41) is 11.2. The first-order valence-electron chi connectivity index (χ1n) is 8.33. The minimum absolute atomic E-state index is 0.00773. The highest BCUT2D eigenvalue weighted by atomic mass is 32.1. The molecule has 136 valence electrons. The normalized spacial score (nSPS) is 19.0. The zero-order chi connectivity index (χ0) is 19.1. The zero-order valence-electron chi connectivity index (χ0n) is 14.7. The van der Waals surface area contributed by atoms with Crippen LogP contribution in [-0.4, -0.2) is 21.8 Å². The van der Waals surface area contributed by atoms with Crippen LogP contribution in [0.5, 0.6) is 0 Å². The molecule has 2 aromatic heterocycles. The summed E-state index contributed by atoms with van der Waals surface area (Å²) in [7, 11) is 0. The van der Waals surface area contributed by atoms with Crippen molar-refractivity contribution in [1.82, 2.24) is 4.98 Å². The van der Waals surface area contributed by atoms with Gasteiger partial charge in [-0.2, -0.15) is 0 Å². The highest BCUT2D eigenvalue weighted by molar-refractivity contribution is 7.16. The molecule has 3 heterocycles. The predicted molar refractivity (Wildman–Crippen MR) is 102 cm³/mol. The van der Waals surface area contributed by atoms with E-state index in [4.69, 9.17) is 4.42 Å². The van der Waals surface area contributed by atoms with Gasteiger partial charge in [0.05, 0.1) is 17.5 Å². The van der Waals surface area contributed by atoms with E-state index in [-0.39, 0.29) is 11.3 Å². The lowest BCUT2D eigenvalue weighted by Gasteiger charge is -2.20. The van der Waals surface area contributed by atoms with E-state index < -0.39 is 17.7 Å². The Bertz CT molecular complexity index is 1030. The first-order chi connectivity index (χ1) is 13.0. The molecule has 3 aromatic rings. The first kappa shape index (κ1) is 17.2. The van der Waals surface area contributed by atoms with Gasteiger partial charge in [0.1, 0.15) is 17.6 Å². The fourth-order valence-electron chi connectivity index (χ4n) is 3.06. The Morgan fingerprint density at radius 1 is 1.15 bits per heavy atom. The number of aliphatic hydroxyl groups excluding tert-OH is 1. The van der Waals surface area contributed by atoms with E-state index in [1.54, 1.807) is 42.5 Å². The molecule has 4 rings (SSSR count). The summed E-state index contributed by atoms with van der Waals surface area (Å²) in [6.45, 7) is 3.75. The number of thiazole rings is 1. The van der Waals surface area contributed by atoms with Crippen molar-refractivity contribution in [1.29, 1.82) is 0 Å². The van der Waals surface area contributed by atoms with Gasteiger partial charge in [0.25, 0.3) is 5.78 Å². The predicted octanol–water partition coefficient (Wildman–Crippen LogP) is 3.98. The number of aliphatic hydroxyl groups is 1. The van der Waals surface area contributed by atoms with Gasteiger partial charge in [0.15, 0.2) is 5.13 Å². The number of furan rings is 1. The lowest BCUT2D eigenvalue weighted by atomic mass is 9.99. The Kier molecular flexibility index (Phi) is 4.16. The van der Waals surface area contributed by atoms with Crippen molar-refractivity contribution in [2.24, 2.45) is 0 Å². The maximum atomic E-state index is 12.8. The van der Waals surface area contributed by atoms with E-state index in [0.29, 0.717) is 16.5 Å². The number of rotatable bonds is 3. The smallest absolute Gasteiger partial charge is 0.302 e. The van der Waals surface area contributed by atoms with E-state index in [2.05, 4.69) is 4.98 Å². The Balaban J connectivity index is 1.94. The summed E-state index contributed by atoms with van der Waals surface area (Å²) in [6.07, 6.45) is 1.47. The highest BCUT2D eigenvalue weighted by Gasteiger charge is 2.49. The lowest BCUT2D eigenvalue weighted by Crippen LogP contribution is -2.29. The molecule has 1 N–H and O–H groups in total. The molecule has 0 spiro atoms. The van der Waals surface area contributed by atoms with Crippen LogP contribution in [0.3, 0.4) is 0 Å². The molecule has 0 bridgehead atoms. The summed E-state index contributed by atoms with van der Waals surface area (Å²) in [5.41, 5.74) is 1.24. The quantitative estimate of drug-likeness (QED) is 0.422. The summed E-state index contributed by atoms with van der Waals surface area (Å²) in [6, 6.07) is 11.2. The molecule has 0 aliphatic carbocycles. The maximum absolute atomic E-state index is 12.8. The Hall–Kier alpha value is -3.19. The second kappa shape index (κ2) is 6.51. The number of aryl methyl sites for hydroxylation is 2. The summed E-state index contributed by atoms with van der Waals surface area (Å²) >= 11 is 1.32. The molecule has 1 aliphatic rings. The summed E-state index contributed by atoms with van der Waals surface area (Å²) < 4.78 is 5.50. The van der Waals surface area contributed by atoms with E-state index in [1.165, 1.54) is 22.5 Å². The number of anilines is 1. The summed E-state index contributed by atoms with van der Waals surface area (Å²) in [5.74, 6) is -1.34. The third kappa shape index (κ3) is 2.76. The third-order valence-electron chi connectivity index (χ3n) is 4.53. The van der Waals surface area contributed by atoms with Gasteiger partial charge < -0.3 is 9.52 Å². The standard InChI is InChI=1S/C20H16N2O4S/c1-11-12(2)27-20(21-11)22-16(14-9-6-10-26-14)15(18(24)19(22)25)17(23)13-7-4-3-5-8-13/h3-10,16,23H,1-2H3. The molecule has 0 saturated carbocycles. The Morgan fingerprint density at radius 2 is 1.89 bits per heavy atom. The molecule has 1 atom stereocenters. The molecule has 27 heavy (non-hydrogen) atoms. The maximum Gasteiger partial charge on any atom is 0.302 e. The van der Waals surface area contributed by atoms with Crippen molar-refractivity contribution >= 4 is 33.9 Å². The third-order valence-corrected chi connectivity index (χ3v) is 5.60. The Labute approximate surface area is 159 Å². The van der Waals surface area contributed by atoms with E-state index in [0.717, 1.165) is 10.6 Å². The zero-order valence-corrected chi connectivity index (χ0v) is 15.5. The van der Waals surface area contributed by atoms with Crippen LogP contribution in [0, 0.1) is 13.8 Å². The molecule has 0 radical (unpaired) electrons. The van der Waals surface area contributed by atoms with Gasteiger partial charge >= 0.3 is 5.91 Å². The number of hydrogen-bond donors (Lipinski definition) is 1. The number of aromatic nitrogens is 1. The van der Waals surface area contributed by atoms with Crippen LogP contribution in [0.1, 0.15) is 27.9 Å². The largest absolute Gasteiger partial charge is 0.507 e. The van der Waals surface area contributed by atoms with Crippen LogP contribution in [0.2, 0.25) is 0 Å². The van der Waals surface area contributed by atoms with Gasteiger partial charge in [-0.3, -0.25) is 14.5 Å². The molecule has 6 nitrogen and oxygen atoms in total. The van der Waals surface area contributed by atoms with Gasteiger partial charge in [-0.05, 0) is 26.0 Å². The number of ketones is 1. The number of hydrogen-bond acceptors (Lipinski definition) is 6. The van der Waals surface area contributed by atoms with Crippen LogP contribution < -0.4 is 4.90 Å². The molecule has 1 aliphatic heterocycles. The molecular formula is C20H16N2O4S. The number of amides is 1. The number of nitrogens with zero attached hydrogens (tertiary/aromatic N) is 2. The lowest BCUT2D eigenvalue weighted by molar-refractivity contribution is -0.132. The second-order valence-electron chi connectivity index (χ2n) is 6.19. The summed E-state index contributed by atoms with van der Waals surface area (Å²) in [4.78, 5) is 32.3. The number of Topliss-reactive ketones (excluding diaryl/α,β-unsaturated/α-hetero) is 1. The fraction of sp³-hybridized carbons (Fsp3) is 0.150. The number of carbonyl (C=O) groups is 2. The van der Waals surface area contributed by atoms with Crippen molar-refractivity contribution in [3.05, 3.63) is 76.2 Å².